The quantitative estimate of drug-likeness (QED) is 0.858. The summed E-state index contributed by atoms with van der Waals surface area (Å²) < 4.78 is 39.8. The van der Waals surface area contributed by atoms with Crippen molar-refractivity contribution in [2.75, 3.05) is 7.05 Å². The third-order valence-corrected chi connectivity index (χ3v) is 5.98. The second-order valence-corrected chi connectivity index (χ2v) is 7.49. The molecule has 0 fully saturated rings. The second kappa shape index (κ2) is 6.18. The summed E-state index contributed by atoms with van der Waals surface area (Å²) in [6.07, 6.45) is 0. The number of benzene rings is 2. The molecule has 0 aliphatic heterocycles. The van der Waals surface area contributed by atoms with Crippen LogP contribution < -0.4 is 0 Å². The molecule has 0 saturated heterocycles. The van der Waals surface area contributed by atoms with E-state index in [0.717, 1.165) is 16.7 Å². The van der Waals surface area contributed by atoms with Gasteiger partial charge in [0.15, 0.2) is 0 Å². The van der Waals surface area contributed by atoms with Crippen molar-refractivity contribution in [3.05, 3.63) is 65.0 Å². The van der Waals surface area contributed by atoms with Gasteiger partial charge in [-0.15, -0.1) is 0 Å². The average Bonchev–Trinajstić information content (AvgIpc) is 2.49. The van der Waals surface area contributed by atoms with Crippen molar-refractivity contribution >= 4 is 10.0 Å². The SMILES string of the molecule is Cc1ccc(S(=O)(=O)N(C)C(C)c2ccc(F)cc2)cc1C. The molecule has 0 radical (unpaired) electrons. The zero-order chi connectivity index (χ0) is 16.5. The Kier molecular flexibility index (Phi) is 4.68. The van der Waals surface area contributed by atoms with Crippen LogP contribution in [0, 0.1) is 19.7 Å². The van der Waals surface area contributed by atoms with Crippen LogP contribution in [0.4, 0.5) is 4.39 Å². The lowest BCUT2D eigenvalue weighted by atomic mass is 10.1. The van der Waals surface area contributed by atoms with Crippen molar-refractivity contribution < 1.29 is 12.8 Å². The summed E-state index contributed by atoms with van der Waals surface area (Å²) in [5.74, 6) is -0.337. The van der Waals surface area contributed by atoms with Crippen LogP contribution in [0.1, 0.15) is 29.7 Å². The van der Waals surface area contributed by atoms with Gasteiger partial charge in [-0.1, -0.05) is 18.2 Å². The largest absolute Gasteiger partial charge is 0.243 e. The Balaban J connectivity index is 2.35. The lowest BCUT2D eigenvalue weighted by Crippen LogP contribution is -2.29. The number of aryl methyl sites for hydroxylation is 2. The smallest absolute Gasteiger partial charge is 0.207 e. The maximum Gasteiger partial charge on any atom is 0.243 e. The Morgan fingerprint density at radius 1 is 1.00 bits per heavy atom. The van der Waals surface area contributed by atoms with E-state index < -0.39 is 10.0 Å². The molecule has 5 heteroatoms. The van der Waals surface area contributed by atoms with Gasteiger partial charge in [0.1, 0.15) is 5.82 Å². The number of nitrogens with zero attached hydrogens (tertiary/aromatic N) is 1. The third kappa shape index (κ3) is 3.20. The molecule has 0 heterocycles. The predicted molar refractivity (Wildman–Crippen MR) is 85.7 cm³/mol. The van der Waals surface area contributed by atoms with Gasteiger partial charge in [0.2, 0.25) is 10.0 Å². The molecule has 0 aliphatic carbocycles. The predicted octanol–water partition coefficient (Wildman–Crippen LogP) is 3.82. The molecule has 3 nitrogen and oxygen atoms in total. The molecule has 22 heavy (non-hydrogen) atoms. The van der Waals surface area contributed by atoms with E-state index in [2.05, 4.69) is 0 Å². The van der Waals surface area contributed by atoms with Crippen LogP contribution >= 0.6 is 0 Å². The highest BCUT2D eigenvalue weighted by molar-refractivity contribution is 7.89. The highest BCUT2D eigenvalue weighted by Gasteiger charge is 2.26. The molecule has 0 amide bonds. The van der Waals surface area contributed by atoms with E-state index in [1.807, 2.05) is 13.8 Å². The van der Waals surface area contributed by atoms with E-state index in [-0.39, 0.29) is 16.8 Å². The van der Waals surface area contributed by atoms with Crippen LogP contribution in [-0.2, 0) is 10.0 Å². The summed E-state index contributed by atoms with van der Waals surface area (Å²) >= 11 is 0. The fourth-order valence-electron chi connectivity index (χ4n) is 2.20. The highest BCUT2D eigenvalue weighted by atomic mass is 32.2. The van der Waals surface area contributed by atoms with Crippen LogP contribution in [0.15, 0.2) is 47.4 Å². The van der Waals surface area contributed by atoms with E-state index in [4.69, 9.17) is 0 Å². The first kappa shape index (κ1) is 16.6. The minimum Gasteiger partial charge on any atom is -0.207 e. The zero-order valence-electron chi connectivity index (χ0n) is 13.2. The first-order valence-electron chi connectivity index (χ1n) is 7.04. The van der Waals surface area contributed by atoms with Crippen molar-refractivity contribution in [2.45, 2.75) is 31.7 Å². The minimum absolute atomic E-state index is 0.270. The Labute approximate surface area is 131 Å². The molecule has 0 bridgehead atoms. The standard InChI is InChI=1S/C17H20FNO2S/c1-12-5-10-17(11-13(12)2)22(20,21)19(4)14(3)15-6-8-16(18)9-7-15/h5-11,14H,1-4H3. The van der Waals surface area contributed by atoms with Crippen molar-refractivity contribution in [3.63, 3.8) is 0 Å². The van der Waals surface area contributed by atoms with Crippen LogP contribution in [0.3, 0.4) is 0 Å². The van der Waals surface area contributed by atoms with Gasteiger partial charge in [-0.2, -0.15) is 4.31 Å². The lowest BCUT2D eigenvalue weighted by molar-refractivity contribution is 0.398. The van der Waals surface area contributed by atoms with E-state index in [9.17, 15) is 12.8 Å². The number of hydrogen-bond donors (Lipinski definition) is 0. The van der Waals surface area contributed by atoms with Crippen molar-refractivity contribution in [1.82, 2.24) is 4.31 Å². The molecule has 2 rings (SSSR count). The number of rotatable bonds is 4. The summed E-state index contributed by atoms with van der Waals surface area (Å²) in [4.78, 5) is 0.270. The van der Waals surface area contributed by atoms with E-state index >= 15 is 0 Å². The third-order valence-electron chi connectivity index (χ3n) is 4.05. The van der Waals surface area contributed by atoms with E-state index in [1.165, 1.54) is 16.4 Å². The molecule has 0 aromatic heterocycles. The summed E-state index contributed by atoms with van der Waals surface area (Å²) in [5, 5.41) is 0. The Morgan fingerprint density at radius 2 is 1.59 bits per heavy atom. The molecule has 0 spiro atoms. The number of hydrogen-bond acceptors (Lipinski definition) is 2. The molecule has 0 N–H and O–H groups in total. The van der Waals surface area contributed by atoms with Crippen molar-refractivity contribution in [3.8, 4) is 0 Å². The van der Waals surface area contributed by atoms with Gasteiger partial charge in [0.05, 0.1) is 4.90 Å². The van der Waals surface area contributed by atoms with Gasteiger partial charge in [0.25, 0.3) is 0 Å². The molecule has 0 aliphatic rings. The highest BCUT2D eigenvalue weighted by Crippen LogP contribution is 2.26. The van der Waals surface area contributed by atoms with Crippen molar-refractivity contribution in [1.29, 1.82) is 0 Å². The van der Waals surface area contributed by atoms with Gasteiger partial charge in [0, 0.05) is 13.1 Å². The first-order chi connectivity index (χ1) is 10.2. The van der Waals surface area contributed by atoms with Crippen LogP contribution in [0.5, 0.6) is 0 Å². The Bertz CT molecular complexity index is 770. The van der Waals surface area contributed by atoms with E-state index in [0.29, 0.717) is 0 Å². The normalized spacial score (nSPS) is 13.4. The van der Waals surface area contributed by atoms with Crippen molar-refractivity contribution in [2.24, 2.45) is 0 Å². The lowest BCUT2D eigenvalue weighted by Gasteiger charge is -2.25. The first-order valence-corrected chi connectivity index (χ1v) is 8.48. The molecule has 1 unspecified atom stereocenters. The number of halogens is 1. The van der Waals surface area contributed by atoms with Gasteiger partial charge in [-0.3, -0.25) is 0 Å². The fraction of sp³-hybridized carbons (Fsp3) is 0.294. The van der Waals surface area contributed by atoms with Gasteiger partial charge >= 0.3 is 0 Å². The minimum atomic E-state index is -3.60. The maximum absolute atomic E-state index is 13.0. The summed E-state index contributed by atoms with van der Waals surface area (Å²) in [6.45, 7) is 5.61. The zero-order valence-corrected chi connectivity index (χ0v) is 14.0. The molecule has 118 valence electrons. The molecule has 2 aromatic carbocycles. The average molecular weight is 321 g/mol. The van der Waals surface area contributed by atoms with Gasteiger partial charge < -0.3 is 0 Å². The van der Waals surface area contributed by atoms with Crippen LogP contribution in [0.25, 0.3) is 0 Å². The molecular weight excluding hydrogens is 301 g/mol. The fourth-order valence-corrected chi connectivity index (χ4v) is 3.64. The summed E-state index contributed by atoms with van der Waals surface area (Å²) in [6, 6.07) is 10.6. The Hall–Kier alpha value is -1.72. The van der Waals surface area contributed by atoms with Gasteiger partial charge in [-0.25, -0.2) is 12.8 Å². The molecule has 0 saturated carbocycles. The van der Waals surface area contributed by atoms with Gasteiger partial charge in [-0.05, 0) is 61.7 Å². The monoisotopic (exact) mass is 321 g/mol. The van der Waals surface area contributed by atoms with Crippen LogP contribution in [-0.4, -0.2) is 19.8 Å². The van der Waals surface area contributed by atoms with Crippen LogP contribution in [0.2, 0.25) is 0 Å². The molecule has 1 atom stereocenters. The summed E-state index contributed by atoms with van der Waals surface area (Å²) in [5.41, 5.74) is 2.73. The van der Waals surface area contributed by atoms with E-state index in [1.54, 1.807) is 44.3 Å². The molecular formula is C17H20FNO2S. The molecule has 2 aromatic rings. The summed E-state index contributed by atoms with van der Waals surface area (Å²) in [7, 11) is -2.06. The second-order valence-electron chi connectivity index (χ2n) is 5.49. The maximum atomic E-state index is 13.0. The topological polar surface area (TPSA) is 37.4 Å². The Morgan fingerprint density at radius 3 is 2.14 bits per heavy atom. The number of sulfonamides is 1.